The molecule has 1 unspecified atom stereocenters. The number of rotatable bonds is 8. The molecule has 1 amide bonds. The molecule has 0 bridgehead atoms. The van der Waals surface area contributed by atoms with Crippen molar-refractivity contribution in [2.24, 2.45) is 5.92 Å². The average Bonchev–Trinajstić information content (AvgIpc) is 2.58. The van der Waals surface area contributed by atoms with Crippen molar-refractivity contribution in [3.05, 3.63) is 29.8 Å². The normalized spacial score (nSPS) is 17.5. The van der Waals surface area contributed by atoms with Gasteiger partial charge in [-0.15, -0.1) is 0 Å². The number of carboxylic acid groups (broad SMARTS) is 1. The summed E-state index contributed by atoms with van der Waals surface area (Å²) in [4.78, 5) is 24.9. The molecule has 1 fully saturated rings. The zero-order valence-corrected chi connectivity index (χ0v) is 14.4. The number of benzene rings is 1. The number of hydrogen-bond acceptors (Lipinski definition) is 3. The lowest BCUT2D eigenvalue weighted by Crippen LogP contribution is -2.40. The summed E-state index contributed by atoms with van der Waals surface area (Å²) in [6.45, 7) is 4.03. The Hall–Kier alpha value is -2.04. The monoisotopic (exact) mass is 333 g/mol. The van der Waals surface area contributed by atoms with Crippen LogP contribution in [0.5, 0.6) is 5.75 Å². The zero-order chi connectivity index (χ0) is 17.4. The van der Waals surface area contributed by atoms with Gasteiger partial charge in [-0.25, -0.2) is 0 Å². The fraction of sp³-hybridized carbons (Fsp3) is 0.579. The van der Waals surface area contributed by atoms with E-state index in [2.05, 4.69) is 0 Å². The molecule has 0 aliphatic carbocycles. The summed E-state index contributed by atoms with van der Waals surface area (Å²) < 4.78 is 5.72. The van der Waals surface area contributed by atoms with Crippen LogP contribution in [-0.2, 0) is 9.59 Å². The van der Waals surface area contributed by atoms with Crippen molar-refractivity contribution in [1.82, 2.24) is 4.90 Å². The topological polar surface area (TPSA) is 66.8 Å². The van der Waals surface area contributed by atoms with Gasteiger partial charge in [-0.2, -0.15) is 0 Å². The number of aryl methyl sites for hydroxylation is 1. The van der Waals surface area contributed by atoms with E-state index >= 15 is 0 Å². The fourth-order valence-electron chi connectivity index (χ4n) is 3.14. The third kappa shape index (κ3) is 5.87. The molecule has 1 N–H and O–H groups in total. The second kappa shape index (κ2) is 9.30. The summed E-state index contributed by atoms with van der Waals surface area (Å²) in [6.07, 6.45) is 4.02. The molecule has 1 aromatic rings. The first-order valence-corrected chi connectivity index (χ1v) is 8.74. The number of aliphatic carboxylic acids is 1. The Kier molecular flexibility index (Phi) is 7.09. The minimum absolute atomic E-state index is 0.156. The first-order chi connectivity index (χ1) is 11.6. The van der Waals surface area contributed by atoms with Gasteiger partial charge in [0.05, 0.1) is 6.61 Å². The Morgan fingerprint density at radius 2 is 2.08 bits per heavy atom. The highest BCUT2D eigenvalue weighted by atomic mass is 16.5. The fourth-order valence-corrected chi connectivity index (χ4v) is 3.14. The number of ether oxygens (including phenoxy) is 1. The van der Waals surface area contributed by atoms with Crippen LogP contribution in [0.3, 0.4) is 0 Å². The van der Waals surface area contributed by atoms with Crippen LogP contribution >= 0.6 is 0 Å². The van der Waals surface area contributed by atoms with Crippen LogP contribution in [0.15, 0.2) is 24.3 Å². The van der Waals surface area contributed by atoms with E-state index in [-0.39, 0.29) is 12.3 Å². The molecule has 1 aliphatic heterocycles. The molecule has 1 atom stereocenters. The van der Waals surface area contributed by atoms with E-state index in [9.17, 15) is 9.59 Å². The van der Waals surface area contributed by atoms with Crippen LogP contribution < -0.4 is 4.74 Å². The van der Waals surface area contributed by atoms with Crippen molar-refractivity contribution < 1.29 is 19.4 Å². The van der Waals surface area contributed by atoms with Gasteiger partial charge in [-0.05, 0) is 50.2 Å². The van der Waals surface area contributed by atoms with E-state index in [1.807, 2.05) is 36.1 Å². The summed E-state index contributed by atoms with van der Waals surface area (Å²) in [5.74, 6) is 0.592. The zero-order valence-electron chi connectivity index (χ0n) is 14.4. The Labute approximate surface area is 143 Å². The largest absolute Gasteiger partial charge is 0.493 e. The van der Waals surface area contributed by atoms with Gasteiger partial charge in [-0.1, -0.05) is 18.2 Å². The summed E-state index contributed by atoms with van der Waals surface area (Å²) >= 11 is 0. The van der Waals surface area contributed by atoms with E-state index in [1.165, 1.54) is 0 Å². The molecule has 2 rings (SSSR count). The minimum Gasteiger partial charge on any atom is -0.493 e. The summed E-state index contributed by atoms with van der Waals surface area (Å²) in [6, 6.07) is 7.86. The lowest BCUT2D eigenvalue weighted by Gasteiger charge is -2.32. The quantitative estimate of drug-likeness (QED) is 0.742. The van der Waals surface area contributed by atoms with E-state index < -0.39 is 5.97 Å². The molecule has 0 aromatic heterocycles. The van der Waals surface area contributed by atoms with Crippen LogP contribution in [0.4, 0.5) is 0 Å². The molecule has 5 heteroatoms. The van der Waals surface area contributed by atoms with Crippen molar-refractivity contribution in [3.8, 4) is 5.75 Å². The van der Waals surface area contributed by atoms with Crippen LogP contribution in [-0.4, -0.2) is 41.6 Å². The van der Waals surface area contributed by atoms with Gasteiger partial charge in [0.15, 0.2) is 0 Å². The van der Waals surface area contributed by atoms with Crippen LogP contribution in [0, 0.1) is 12.8 Å². The molecule has 132 valence electrons. The molecule has 1 aromatic carbocycles. The standard InChI is InChI=1S/C19H27NO4/c1-15-6-2-3-8-17(15)24-13-5-9-18(21)20-12-4-7-16(14-20)10-11-19(22)23/h2-3,6,8,16H,4-5,7,9-14H2,1H3,(H,22,23). The Morgan fingerprint density at radius 3 is 2.83 bits per heavy atom. The number of carbonyl (C=O) groups excluding carboxylic acids is 1. The van der Waals surface area contributed by atoms with Crippen molar-refractivity contribution in [1.29, 1.82) is 0 Å². The number of likely N-dealkylation sites (tertiary alicyclic amines) is 1. The van der Waals surface area contributed by atoms with Gasteiger partial charge in [0, 0.05) is 25.9 Å². The third-order valence-corrected chi connectivity index (χ3v) is 4.52. The van der Waals surface area contributed by atoms with E-state index in [4.69, 9.17) is 9.84 Å². The minimum atomic E-state index is -0.758. The first-order valence-electron chi connectivity index (χ1n) is 8.74. The van der Waals surface area contributed by atoms with Gasteiger partial charge in [-0.3, -0.25) is 9.59 Å². The van der Waals surface area contributed by atoms with Crippen LogP contribution in [0.25, 0.3) is 0 Å². The molecule has 0 saturated carbocycles. The average molecular weight is 333 g/mol. The lowest BCUT2D eigenvalue weighted by atomic mass is 9.93. The van der Waals surface area contributed by atoms with Crippen LogP contribution in [0.1, 0.15) is 44.1 Å². The lowest BCUT2D eigenvalue weighted by molar-refractivity contribution is -0.137. The van der Waals surface area contributed by atoms with Crippen molar-refractivity contribution in [2.45, 2.75) is 45.4 Å². The molecular formula is C19H27NO4. The molecule has 1 saturated heterocycles. The van der Waals surface area contributed by atoms with Gasteiger partial charge < -0.3 is 14.7 Å². The smallest absolute Gasteiger partial charge is 0.303 e. The number of para-hydroxylation sites is 1. The van der Waals surface area contributed by atoms with E-state index in [0.717, 1.165) is 30.7 Å². The number of nitrogens with zero attached hydrogens (tertiary/aromatic N) is 1. The molecular weight excluding hydrogens is 306 g/mol. The number of piperidine rings is 1. The predicted molar refractivity (Wildman–Crippen MR) is 92.1 cm³/mol. The van der Waals surface area contributed by atoms with Gasteiger partial charge in [0.1, 0.15) is 5.75 Å². The second-order valence-corrected chi connectivity index (χ2v) is 6.50. The van der Waals surface area contributed by atoms with Gasteiger partial charge in [0.2, 0.25) is 5.91 Å². The van der Waals surface area contributed by atoms with E-state index in [0.29, 0.717) is 38.3 Å². The highest BCUT2D eigenvalue weighted by molar-refractivity contribution is 5.76. The maximum atomic E-state index is 12.3. The number of carbonyl (C=O) groups is 2. The van der Waals surface area contributed by atoms with Crippen LogP contribution in [0.2, 0.25) is 0 Å². The van der Waals surface area contributed by atoms with Crippen molar-refractivity contribution in [3.63, 3.8) is 0 Å². The highest BCUT2D eigenvalue weighted by Gasteiger charge is 2.23. The Bertz CT molecular complexity index is 558. The SMILES string of the molecule is Cc1ccccc1OCCCC(=O)N1CCCC(CCC(=O)O)C1. The molecule has 0 spiro atoms. The number of hydrogen-bond donors (Lipinski definition) is 1. The molecule has 1 heterocycles. The molecule has 5 nitrogen and oxygen atoms in total. The van der Waals surface area contributed by atoms with Gasteiger partial charge >= 0.3 is 5.97 Å². The highest BCUT2D eigenvalue weighted by Crippen LogP contribution is 2.22. The maximum absolute atomic E-state index is 12.3. The van der Waals surface area contributed by atoms with Crippen molar-refractivity contribution >= 4 is 11.9 Å². The molecule has 0 radical (unpaired) electrons. The molecule has 24 heavy (non-hydrogen) atoms. The Morgan fingerprint density at radius 1 is 1.29 bits per heavy atom. The van der Waals surface area contributed by atoms with E-state index in [1.54, 1.807) is 0 Å². The third-order valence-electron chi connectivity index (χ3n) is 4.52. The number of carboxylic acids is 1. The molecule has 1 aliphatic rings. The van der Waals surface area contributed by atoms with Gasteiger partial charge in [0.25, 0.3) is 0 Å². The second-order valence-electron chi connectivity index (χ2n) is 6.50. The summed E-state index contributed by atoms with van der Waals surface area (Å²) in [5, 5.41) is 8.78. The summed E-state index contributed by atoms with van der Waals surface area (Å²) in [7, 11) is 0. The Balaban J connectivity index is 1.68. The maximum Gasteiger partial charge on any atom is 0.303 e. The number of amides is 1. The first kappa shape index (κ1) is 18.3. The predicted octanol–water partition coefficient (Wildman–Crippen LogP) is 3.26. The van der Waals surface area contributed by atoms with Crippen molar-refractivity contribution in [2.75, 3.05) is 19.7 Å². The summed E-state index contributed by atoms with van der Waals surface area (Å²) in [5.41, 5.74) is 1.10.